The molecule has 1 N–H and O–H groups in total. The number of urea groups is 1. The van der Waals surface area contributed by atoms with E-state index in [9.17, 15) is 4.79 Å². The second-order valence-electron chi connectivity index (χ2n) is 7.02. The highest BCUT2D eigenvalue weighted by Crippen LogP contribution is 2.30. The predicted octanol–water partition coefficient (Wildman–Crippen LogP) is 3.27. The van der Waals surface area contributed by atoms with Crippen molar-refractivity contribution in [2.24, 2.45) is 5.92 Å². The van der Waals surface area contributed by atoms with Crippen LogP contribution in [0.25, 0.3) is 0 Å². The number of rotatable bonds is 6. The minimum Gasteiger partial charge on any atom is -0.475 e. The van der Waals surface area contributed by atoms with E-state index in [0.29, 0.717) is 38.1 Å². The fourth-order valence-electron chi connectivity index (χ4n) is 3.14. The van der Waals surface area contributed by atoms with Crippen LogP contribution in [0.4, 0.5) is 4.79 Å². The highest BCUT2D eigenvalue weighted by Gasteiger charge is 2.37. The lowest BCUT2D eigenvalue weighted by Gasteiger charge is -2.41. The Labute approximate surface area is 160 Å². The molecule has 2 atom stereocenters. The lowest BCUT2D eigenvalue weighted by molar-refractivity contribution is -0.0738. The normalized spacial score (nSPS) is 19.7. The number of carbonyl (C=O) groups excluding carboxylic acids is 1. The molecule has 2 heterocycles. The van der Waals surface area contributed by atoms with Crippen LogP contribution < -0.4 is 10.1 Å². The number of aromatic nitrogens is 1. The number of hydrogen-bond donors (Lipinski definition) is 1. The number of pyridine rings is 1. The molecule has 0 radical (unpaired) electrons. The molecule has 0 spiro atoms. The molecule has 1 aromatic heterocycles. The average molecular weight is 369 g/mol. The van der Waals surface area contributed by atoms with Gasteiger partial charge in [-0.2, -0.15) is 0 Å². The number of hydrogen-bond acceptors (Lipinski definition) is 4. The van der Waals surface area contributed by atoms with Crippen molar-refractivity contribution in [1.82, 2.24) is 15.2 Å². The molecule has 2 amide bonds. The van der Waals surface area contributed by atoms with Gasteiger partial charge in [0.1, 0.15) is 12.7 Å². The summed E-state index contributed by atoms with van der Waals surface area (Å²) in [5, 5.41) is 3.02. The minimum atomic E-state index is -0.270. The van der Waals surface area contributed by atoms with Gasteiger partial charge in [-0.1, -0.05) is 50.2 Å². The molecule has 2 aromatic rings. The van der Waals surface area contributed by atoms with Gasteiger partial charge in [-0.3, -0.25) is 0 Å². The summed E-state index contributed by atoms with van der Waals surface area (Å²) >= 11 is 0. The summed E-state index contributed by atoms with van der Waals surface area (Å²) in [6.07, 6.45) is 1.42. The van der Waals surface area contributed by atoms with E-state index >= 15 is 0 Å². The zero-order chi connectivity index (χ0) is 19.1. The van der Waals surface area contributed by atoms with Crippen molar-refractivity contribution < 1.29 is 14.3 Å². The Morgan fingerprint density at radius 2 is 2.04 bits per heavy atom. The van der Waals surface area contributed by atoms with E-state index in [1.165, 1.54) is 0 Å². The van der Waals surface area contributed by atoms with Gasteiger partial charge in [0, 0.05) is 25.4 Å². The molecule has 0 unspecified atom stereocenters. The SMILES string of the molecule is CC(C)CNC(=O)N1CCO[C@@H](COc2ccccn2)[C@@H]1c1ccccc1. The standard InChI is InChI=1S/C21H27N3O3/c1-16(2)14-23-21(25)24-12-13-26-18(15-27-19-10-6-7-11-22-19)20(24)17-8-4-3-5-9-17/h3-11,16,18,20H,12-15H2,1-2H3,(H,23,25)/t18-,20-/m0/s1. The number of benzene rings is 1. The average Bonchev–Trinajstić information content (AvgIpc) is 2.71. The van der Waals surface area contributed by atoms with Crippen LogP contribution >= 0.6 is 0 Å². The smallest absolute Gasteiger partial charge is 0.318 e. The Kier molecular flexibility index (Phi) is 6.65. The molecule has 1 saturated heterocycles. The van der Waals surface area contributed by atoms with Gasteiger partial charge in [-0.05, 0) is 17.5 Å². The first-order chi connectivity index (χ1) is 13.1. The first-order valence-electron chi connectivity index (χ1n) is 9.40. The fourth-order valence-corrected chi connectivity index (χ4v) is 3.14. The van der Waals surface area contributed by atoms with Gasteiger partial charge in [-0.15, -0.1) is 0 Å². The van der Waals surface area contributed by atoms with Crippen molar-refractivity contribution in [3.05, 3.63) is 60.3 Å². The van der Waals surface area contributed by atoms with Gasteiger partial charge >= 0.3 is 6.03 Å². The summed E-state index contributed by atoms with van der Waals surface area (Å²) < 4.78 is 11.8. The van der Waals surface area contributed by atoms with Gasteiger partial charge in [-0.25, -0.2) is 9.78 Å². The van der Waals surface area contributed by atoms with E-state index in [4.69, 9.17) is 9.47 Å². The van der Waals surface area contributed by atoms with Crippen LogP contribution in [-0.2, 0) is 4.74 Å². The second-order valence-corrected chi connectivity index (χ2v) is 7.02. The molecule has 1 aliphatic rings. The van der Waals surface area contributed by atoms with E-state index in [2.05, 4.69) is 24.1 Å². The van der Waals surface area contributed by atoms with Crippen LogP contribution in [0, 0.1) is 5.92 Å². The number of nitrogens with one attached hydrogen (secondary N) is 1. The monoisotopic (exact) mass is 369 g/mol. The van der Waals surface area contributed by atoms with Crippen molar-refractivity contribution in [1.29, 1.82) is 0 Å². The fraction of sp³-hybridized carbons (Fsp3) is 0.429. The zero-order valence-electron chi connectivity index (χ0n) is 15.9. The van der Waals surface area contributed by atoms with Gasteiger partial charge < -0.3 is 19.7 Å². The van der Waals surface area contributed by atoms with Gasteiger partial charge in [0.2, 0.25) is 5.88 Å². The van der Waals surface area contributed by atoms with Crippen molar-refractivity contribution in [2.75, 3.05) is 26.3 Å². The van der Waals surface area contributed by atoms with Crippen molar-refractivity contribution in [3.63, 3.8) is 0 Å². The van der Waals surface area contributed by atoms with Gasteiger partial charge in [0.05, 0.1) is 12.6 Å². The first kappa shape index (κ1) is 19.2. The summed E-state index contributed by atoms with van der Waals surface area (Å²) in [4.78, 5) is 18.9. The zero-order valence-corrected chi connectivity index (χ0v) is 15.9. The Morgan fingerprint density at radius 1 is 1.26 bits per heavy atom. The lowest BCUT2D eigenvalue weighted by atomic mass is 9.98. The maximum Gasteiger partial charge on any atom is 0.318 e. The minimum absolute atomic E-state index is 0.0660. The van der Waals surface area contributed by atoms with Gasteiger partial charge in [0.25, 0.3) is 0 Å². The molecule has 6 heteroatoms. The van der Waals surface area contributed by atoms with E-state index in [0.717, 1.165) is 5.56 Å². The van der Waals surface area contributed by atoms with Crippen LogP contribution in [0.2, 0.25) is 0 Å². The van der Waals surface area contributed by atoms with E-state index < -0.39 is 0 Å². The molecule has 1 aliphatic heterocycles. The third-order valence-corrected chi connectivity index (χ3v) is 4.45. The largest absolute Gasteiger partial charge is 0.475 e. The maximum absolute atomic E-state index is 12.8. The molecule has 1 aromatic carbocycles. The molecule has 144 valence electrons. The number of morpholine rings is 1. The van der Waals surface area contributed by atoms with Crippen LogP contribution in [0.15, 0.2) is 54.7 Å². The van der Waals surface area contributed by atoms with Crippen molar-refractivity contribution in [3.8, 4) is 5.88 Å². The van der Waals surface area contributed by atoms with Gasteiger partial charge in [0.15, 0.2) is 0 Å². The highest BCUT2D eigenvalue weighted by molar-refractivity contribution is 5.75. The number of ether oxygens (including phenoxy) is 2. The van der Waals surface area contributed by atoms with Crippen molar-refractivity contribution >= 4 is 6.03 Å². The van der Waals surface area contributed by atoms with E-state index in [-0.39, 0.29) is 18.2 Å². The second kappa shape index (κ2) is 9.37. The number of carbonyl (C=O) groups is 1. The first-order valence-corrected chi connectivity index (χ1v) is 9.40. The van der Waals surface area contributed by atoms with E-state index in [1.54, 1.807) is 6.20 Å². The predicted molar refractivity (Wildman–Crippen MR) is 104 cm³/mol. The summed E-state index contributed by atoms with van der Waals surface area (Å²) in [7, 11) is 0. The number of nitrogens with zero attached hydrogens (tertiary/aromatic N) is 2. The molecule has 27 heavy (non-hydrogen) atoms. The Hall–Kier alpha value is -2.60. The number of amides is 2. The Bertz CT molecular complexity index is 709. The molecule has 0 aliphatic carbocycles. The quantitative estimate of drug-likeness (QED) is 0.849. The van der Waals surface area contributed by atoms with Crippen molar-refractivity contribution in [2.45, 2.75) is 26.0 Å². The molecule has 6 nitrogen and oxygen atoms in total. The summed E-state index contributed by atoms with van der Waals surface area (Å²) in [6, 6.07) is 15.2. The Balaban J connectivity index is 1.77. The molecular formula is C21H27N3O3. The molecule has 0 bridgehead atoms. The maximum atomic E-state index is 12.8. The van der Waals surface area contributed by atoms with Crippen LogP contribution in [0.3, 0.4) is 0 Å². The van der Waals surface area contributed by atoms with Crippen LogP contribution in [-0.4, -0.2) is 48.3 Å². The molecular weight excluding hydrogens is 342 g/mol. The molecule has 0 saturated carbocycles. The van der Waals surface area contributed by atoms with Crippen LogP contribution in [0.1, 0.15) is 25.5 Å². The third kappa shape index (κ3) is 5.20. The van der Waals surface area contributed by atoms with Crippen LogP contribution in [0.5, 0.6) is 5.88 Å². The third-order valence-electron chi connectivity index (χ3n) is 4.45. The molecule has 1 fully saturated rings. The Morgan fingerprint density at radius 3 is 2.74 bits per heavy atom. The van der Waals surface area contributed by atoms with E-state index in [1.807, 2.05) is 53.4 Å². The summed E-state index contributed by atoms with van der Waals surface area (Å²) in [5.74, 6) is 0.947. The summed E-state index contributed by atoms with van der Waals surface area (Å²) in [5.41, 5.74) is 1.03. The highest BCUT2D eigenvalue weighted by atomic mass is 16.5. The summed E-state index contributed by atoms with van der Waals surface area (Å²) in [6.45, 7) is 6.16. The lowest BCUT2D eigenvalue weighted by Crippen LogP contribution is -2.53. The topological polar surface area (TPSA) is 63.7 Å². The molecule has 3 rings (SSSR count).